The van der Waals surface area contributed by atoms with E-state index in [0.717, 1.165) is 31.4 Å². The lowest BCUT2D eigenvalue weighted by Gasteiger charge is -2.20. The Morgan fingerprint density at radius 3 is 2.48 bits per heavy atom. The third-order valence-corrected chi connectivity index (χ3v) is 4.38. The summed E-state index contributed by atoms with van der Waals surface area (Å²) in [6, 6.07) is 0.469. The van der Waals surface area contributed by atoms with E-state index in [0.29, 0.717) is 17.9 Å². The summed E-state index contributed by atoms with van der Waals surface area (Å²) < 4.78 is 0. The lowest BCUT2D eigenvalue weighted by atomic mass is 10.1. The Labute approximate surface area is 126 Å². The maximum Gasteiger partial charge on any atom is 0.231 e. The SMILES string of the molecule is CCC(CC1CC1)Nc1nc(NC)nc(N2CCCC2)n1. The highest BCUT2D eigenvalue weighted by molar-refractivity contribution is 5.44. The van der Waals surface area contributed by atoms with Gasteiger partial charge in [0.2, 0.25) is 17.8 Å². The van der Waals surface area contributed by atoms with Crippen LogP contribution in [0.1, 0.15) is 45.4 Å². The summed E-state index contributed by atoms with van der Waals surface area (Å²) in [4.78, 5) is 15.8. The Morgan fingerprint density at radius 1 is 1.14 bits per heavy atom. The molecule has 1 unspecified atom stereocenters. The van der Waals surface area contributed by atoms with Crippen molar-refractivity contribution in [3.8, 4) is 0 Å². The van der Waals surface area contributed by atoms with Crippen molar-refractivity contribution in [1.82, 2.24) is 15.0 Å². The summed E-state index contributed by atoms with van der Waals surface area (Å²) in [6.45, 7) is 4.32. The van der Waals surface area contributed by atoms with E-state index in [2.05, 4.69) is 37.4 Å². The number of hydrogen-bond donors (Lipinski definition) is 2. The van der Waals surface area contributed by atoms with Gasteiger partial charge in [-0.05, 0) is 31.6 Å². The van der Waals surface area contributed by atoms with E-state index in [1.807, 2.05) is 7.05 Å². The normalized spacial score (nSPS) is 19.6. The van der Waals surface area contributed by atoms with E-state index in [-0.39, 0.29) is 0 Å². The van der Waals surface area contributed by atoms with Crippen LogP contribution in [-0.4, -0.2) is 41.1 Å². The predicted molar refractivity (Wildman–Crippen MR) is 85.9 cm³/mol. The first kappa shape index (κ1) is 14.4. The van der Waals surface area contributed by atoms with E-state index in [9.17, 15) is 0 Å². The molecule has 1 atom stereocenters. The van der Waals surface area contributed by atoms with Gasteiger partial charge in [0, 0.05) is 26.2 Å². The smallest absolute Gasteiger partial charge is 0.231 e. The Morgan fingerprint density at radius 2 is 1.86 bits per heavy atom. The zero-order chi connectivity index (χ0) is 14.7. The molecule has 1 saturated heterocycles. The van der Waals surface area contributed by atoms with Gasteiger partial charge in [-0.1, -0.05) is 19.8 Å². The standard InChI is InChI=1S/C15H26N6/c1-3-12(10-11-6-7-11)17-14-18-13(16-2)19-15(20-14)21-8-4-5-9-21/h11-12H,3-10H2,1-2H3,(H2,16,17,18,19,20). The van der Waals surface area contributed by atoms with Crippen molar-refractivity contribution in [2.45, 2.75) is 51.5 Å². The quantitative estimate of drug-likeness (QED) is 0.804. The molecule has 2 aliphatic rings. The zero-order valence-corrected chi connectivity index (χ0v) is 13.1. The average molecular weight is 290 g/mol. The highest BCUT2D eigenvalue weighted by Crippen LogP contribution is 2.34. The monoisotopic (exact) mass is 290 g/mol. The fourth-order valence-electron chi connectivity index (χ4n) is 2.87. The molecule has 0 bridgehead atoms. The van der Waals surface area contributed by atoms with Crippen LogP contribution in [0.4, 0.5) is 17.8 Å². The summed E-state index contributed by atoms with van der Waals surface area (Å²) in [7, 11) is 1.86. The summed E-state index contributed by atoms with van der Waals surface area (Å²) >= 11 is 0. The summed E-state index contributed by atoms with van der Waals surface area (Å²) in [6.07, 6.45) is 7.56. The van der Waals surface area contributed by atoms with Crippen molar-refractivity contribution in [2.24, 2.45) is 5.92 Å². The maximum absolute atomic E-state index is 4.63. The molecule has 3 rings (SSSR count). The minimum Gasteiger partial charge on any atom is -0.357 e. The Hall–Kier alpha value is -1.59. The molecule has 1 aliphatic carbocycles. The summed E-state index contributed by atoms with van der Waals surface area (Å²) in [5.41, 5.74) is 0. The lowest BCUT2D eigenvalue weighted by molar-refractivity contribution is 0.582. The van der Waals surface area contributed by atoms with Crippen LogP contribution in [0, 0.1) is 5.92 Å². The van der Waals surface area contributed by atoms with Gasteiger partial charge in [-0.3, -0.25) is 0 Å². The van der Waals surface area contributed by atoms with Crippen molar-refractivity contribution < 1.29 is 0 Å². The largest absolute Gasteiger partial charge is 0.357 e. The predicted octanol–water partition coefficient (Wildman–Crippen LogP) is 2.50. The van der Waals surface area contributed by atoms with Gasteiger partial charge in [-0.15, -0.1) is 0 Å². The van der Waals surface area contributed by atoms with Gasteiger partial charge in [0.05, 0.1) is 0 Å². The van der Waals surface area contributed by atoms with Crippen LogP contribution in [0.15, 0.2) is 0 Å². The van der Waals surface area contributed by atoms with Gasteiger partial charge < -0.3 is 15.5 Å². The van der Waals surface area contributed by atoms with Gasteiger partial charge in [-0.2, -0.15) is 15.0 Å². The molecule has 2 heterocycles. The third kappa shape index (κ3) is 3.74. The first-order valence-electron chi connectivity index (χ1n) is 8.23. The Bertz CT molecular complexity index is 467. The first-order chi connectivity index (χ1) is 10.3. The van der Waals surface area contributed by atoms with Crippen molar-refractivity contribution in [3.63, 3.8) is 0 Å². The average Bonchev–Trinajstić information content (AvgIpc) is 3.15. The number of aromatic nitrogens is 3. The highest BCUT2D eigenvalue weighted by Gasteiger charge is 2.25. The molecule has 1 saturated carbocycles. The van der Waals surface area contributed by atoms with Crippen molar-refractivity contribution >= 4 is 17.8 Å². The van der Waals surface area contributed by atoms with Gasteiger partial charge >= 0.3 is 0 Å². The Kier molecular flexibility index (Phi) is 4.41. The van der Waals surface area contributed by atoms with E-state index < -0.39 is 0 Å². The van der Waals surface area contributed by atoms with Crippen LogP contribution in [0.3, 0.4) is 0 Å². The molecule has 0 radical (unpaired) electrons. The van der Waals surface area contributed by atoms with Crippen LogP contribution < -0.4 is 15.5 Å². The lowest BCUT2D eigenvalue weighted by Crippen LogP contribution is -2.25. The Balaban J connectivity index is 1.74. The first-order valence-corrected chi connectivity index (χ1v) is 8.23. The zero-order valence-electron chi connectivity index (χ0n) is 13.1. The van der Waals surface area contributed by atoms with Crippen LogP contribution in [0.5, 0.6) is 0 Å². The number of rotatable bonds is 7. The molecule has 1 aromatic rings. The van der Waals surface area contributed by atoms with Crippen LogP contribution in [0.25, 0.3) is 0 Å². The molecular formula is C15H26N6. The second kappa shape index (κ2) is 6.45. The molecule has 1 aromatic heterocycles. The fourth-order valence-corrected chi connectivity index (χ4v) is 2.87. The molecule has 0 aromatic carbocycles. The van der Waals surface area contributed by atoms with E-state index in [1.165, 1.54) is 32.1 Å². The van der Waals surface area contributed by atoms with Crippen LogP contribution in [-0.2, 0) is 0 Å². The van der Waals surface area contributed by atoms with E-state index >= 15 is 0 Å². The molecular weight excluding hydrogens is 264 g/mol. The van der Waals surface area contributed by atoms with Crippen LogP contribution in [0.2, 0.25) is 0 Å². The van der Waals surface area contributed by atoms with Gasteiger partial charge in [-0.25, -0.2) is 0 Å². The highest BCUT2D eigenvalue weighted by atomic mass is 15.3. The number of nitrogens with one attached hydrogen (secondary N) is 2. The molecule has 21 heavy (non-hydrogen) atoms. The molecule has 6 nitrogen and oxygen atoms in total. The number of nitrogens with zero attached hydrogens (tertiary/aromatic N) is 4. The van der Waals surface area contributed by atoms with E-state index in [1.54, 1.807) is 0 Å². The van der Waals surface area contributed by atoms with Crippen molar-refractivity contribution in [2.75, 3.05) is 35.7 Å². The van der Waals surface area contributed by atoms with Gasteiger partial charge in [0.1, 0.15) is 0 Å². The molecule has 116 valence electrons. The van der Waals surface area contributed by atoms with Crippen molar-refractivity contribution in [1.29, 1.82) is 0 Å². The third-order valence-electron chi connectivity index (χ3n) is 4.38. The molecule has 1 aliphatic heterocycles. The van der Waals surface area contributed by atoms with E-state index in [4.69, 9.17) is 0 Å². The molecule has 2 fully saturated rings. The maximum atomic E-state index is 4.63. The molecule has 6 heteroatoms. The molecule has 0 spiro atoms. The van der Waals surface area contributed by atoms with Gasteiger partial charge in [0.25, 0.3) is 0 Å². The fraction of sp³-hybridized carbons (Fsp3) is 0.800. The van der Waals surface area contributed by atoms with Crippen LogP contribution >= 0.6 is 0 Å². The number of hydrogen-bond acceptors (Lipinski definition) is 6. The molecule has 0 amide bonds. The second-order valence-electron chi connectivity index (χ2n) is 6.16. The minimum atomic E-state index is 0.469. The minimum absolute atomic E-state index is 0.469. The van der Waals surface area contributed by atoms with Gasteiger partial charge in [0.15, 0.2) is 0 Å². The molecule has 2 N–H and O–H groups in total. The topological polar surface area (TPSA) is 66.0 Å². The van der Waals surface area contributed by atoms with Crippen molar-refractivity contribution in [3.05, 3.63) is 0 Å². The summed E-state index contributed by atoms with van der Waals surface area (Å²) in [5.74, 6) is 3.07. The second-order valence-corrected chi connectivity index (χ2v) is 6.16. The number of anilines is 3. The summed E-state index contributed by atoms with van der Waals surface area (Å²) in [5, 5.41) is 6.56.